The average molecular weight is 293 g/mol. The van der Waals surface area contributed by atoms with E-state index < -0.39 is 0 Å². The molecular weight excluding hydrogens is 266 g/mol. The molecule has 118 valence electrons. The molecule has 21 heavy (non-hydrogen) atoms. The van der Waals surface area contributed by atoms with E-state index in [2.05, 4.69) is 18.3 Å². The quantitative estimate of drug-likeness (QED) is 0.874. The van der Waals surface area contributed by atoms with Crippen LogP contribution in [0.3, 0.4) is 0 Å². The summed E-state index contributed by atoms with van der Waals surface area (Å²) in [6.07, 6.45) is 3.57. The molecule has 1 N–H and O–H groups in total. The van der Waals surface area contributed by atoms with Crippen molar-refractivity contribution in [2.45, 2.75) is 32.1 Å². The molecule has 0 aromatic heterocycles. The van der Waals surface area contributed by atoms with Gasteiger partial charge in [-0.05, 0) is 43.8 Å². The van der Waals surface area contributed by atoms with Gasteiger partial charge in [-0.2, -0.15) is 0 Å². The lowest BCUT2D eigenvalue weighted by molar-refractivity contribution is 0.287. The Morgan fingerprint density at radius 1 is 1.10 bits per heavy atom. The first-order valence-corrected chi connectivity index (χ1v) is 7.76. The van der Waals surface area contributed by atoms with Gasteiger partial charge in [0.2, 0.25) is 5.75 Å². The highest BCUT2D eigenvalue weighted by Crippen LogP contribution is 2.46. The Balaban J connectivity index is 2.41. The molecule has 0 radical (unpaired) electrons. The number of benzene rings is 1. The predicted molar refractivity (Wildman–Crippen MR) is 84.7 cm³/mol. The van der Waals surface area contributed by atoms with Gasteiger partial charge in [0, 0.05) is 5.56 Å². The Hall–Kier alpha value is -1.42. The van der Waals surface area contributed by atoms with Crippen LogP contribution in [0.1, 0.15) is 37.7 Å². The highest BCUT2D eigenvalue weighted by Gasteiger charge is 2.30. The van der Waals surface area contributed by atoms with Crippen molar-refractivity contribution in [2.24, 2.45) is 5.92 Å². The predicted octanol–water partition coefficient (Wildman–Crippen LogP) is 3.21. The van der Waals surface area contributed by atoms with Gasteiger partial charge < -0.3 is 19.5 Å². The molecule has 0 saturated carbocycles. The maximum atomic E-state index is 5.66. The monoisotopic (exact) mass is 293 g/mol. The lowest BCUT2D eigenvalue weighted by Gasteiger charge is -2.33. The highest BCUT2D eigenvalue weighted by molar-refractivity contribution is 5.57. The maximum absolute atomic E-state index is 5.66. The first kappa shape index (κ1) is 16.0. The molecule has 2 atom stereocenters. The molecule has 0 aliphatic carbocycles. The number of rotatable bonds is 6. The van der Waals surface area contributed by atoms with Crippen LogP contribution in [-0.2, 0) is 0 Å². The summed E-state index contributed by atoms with van der Waals surface area (Å²) in [5.74, 6) is 3.41. The summed E-state index contributed by atoms with van der Waals surface area (Å²) in [7, 11) is 5.02. The molecule has 0 spiro atoms. The molecule has 4 nitrogen and oxygen atoms in total. The summed E-state index contributed by atoms with van der Waals surface area (Å²) in [6, 6.07) is 4.13. The third kappa shape index (κ3) is 3.26. The molecule has 2 unspecified atom stereocenters. The summed E-state index contributed by atoms with van der Waals surface area (Å²) in [6.45, 7) is 4.38. The van der Waals surface area contributed by atoms with E-state index in [1.807, 2.05) is 6.07 Å². The van der Waals surface area contributed by atoms with E-state index in [9.17, 15) is 0 Å². The molecule has 0 bridgehead atoms. The van der Waals surface area contributed by atoms with E-state index in [-0.39, 0.29) is 0 Å². The van der Waals surface area contributed by atoms with Crippen molar-refractivity contribution in [1.29, 1.82) is 0 Å². The Labute approximate surface area is 127 Å². The second-order valence-corrected chi connectivity index (χ2v) is 5.57. The van der Waals surface area contributed by atoms with Crippen LogP contribution in [-0.4, -0.2) is 34.4 Å². The molecule has 1 aromatic carbocycles. The van der Waals surface area contributed by atoms with Crippen LogP contribution in [0.4, 0.5) is 0 Å². The highest BCUT2D eigenvalue weighted by atomic mass is 16.5. The van der Waals surface area contributed by atoms with Crippen molar-refractivity contribution in [2.75, 3.05) is 34.4 Å². The minimum absolute atomic E-state index is 0.515. The van der Waals surface area contributed by atoms with E-state index in [4.69, 9.17) is 14.2 Å². The summed E-state index contributed by atoms with van der Waals surface area (Å²) >= 11 is 0. The second-order valence-electron chi connectivity index (χ2n) is 5.57. The Morgan fingerprint density at radius 3 is 2.48 bits per heavy atom. The van der Waals surface area contributed by atoms with E-state index in [1.54, 1.807) is 21.3 Å². The van der Waals surface area contributed by atoms with Gasteiger partial charge in [0.1, 0.15) is 0 Å². The number of ether oxygens (including phenoxy) is 3. The molecule has 1 heterocycles. The fraction of sp³-hybridized carbons (Fsp3) is 0.647. The van der Waals surface area contributed by atoms with E-state index in [0.29, 0.717) is 17.6 Å². The maximum Gasteiger partial charge on any atom is 0.203 e. The fourth-order valence-corrected chi connectivity index (χ4v) is 3.42. The van der Waals surface area contributed by atoms with Crippen LogP contribution in [0.15, 0.2) is 12.1 Å². The first-order valence-electron chi connectivity index (χ1n) is 7.76. The molecule has 1 aliphatic heterocycles. The van der Waals surface area contributed by atoms with Crippen molar-refractivity contribution in [3.8, 4) is 17.2 Å². The Bertz CT molecular complexity index is 460. The van der Waals surface area contributed by atoms with Crippen LogP contribution in [0.5, 0.6) is 17.2 Å². The van der Waals surface area contributed by atoms with Crippen LogP contribution >= 0.6 is 0 Å². The van der Waals surface area contributed by atoms with Gasteiger partial charge in [-0.25, -0.2) is 0 Å². The van der Waals surface area contributed by atoms with E-state index in [1.165, 1.54) is 18.4 Å². The molecule has 0 amide bonds. The van der Waals surface area contributed by atoms with E-state index >= 15 is 0 Å². The number of hydrogen-bond donors (Lipinski definition) is 1. The second kappa shape index (κ2) is 7.55. The van der Waals surface area contributed by atoms with Gasteiger partial charge in [-0.3, -0.25) is 0 Å². The SMILES string of the molecule is CCCC1CNCCC1c1ccc(OC)c(OC)c1OC. The zero-order valence-corrected chi connectivity index (χ0v) is 13.6. The lowest BCUT2D eigenvalue weighted by Crippen LogP contribution is -2.35. The zero-order valence-electron chi connectivity index (χ0n) is 13.6. The van der Waals surface area contributed by atoms with Gasteiger partial charge in [-0.1, -0.05) is 19.4 Å². The number of hydrogen-bond acceptors (Lipinski definition) is 4. The minimum Gasteiger partial charge on any atom is -0.493 e. The third-order valence-corrected chi connectivity index (χ3v) is 4.40. The van der Waals surface area contributed by atoms with Crippen LogP contribution in [0, 0.1) is 5.92 Å². The van der Waals surface area contributed by atoms with Crippen molar-refractivity contribution in [3.63, 3.8) is 0 Å². The normalized spacial score (nSPS) is 21.9. The molecular formula is C17H27NO3. The third-order valence-electron chi connectivity index (χ3n) is 4.40. The molecule has 2 rings (SSSR count). The molecule has 1 aliphatic rings. The van der Waals surface area contributed by atoms with Crippen molar-refractivity contribution in [1.82, 2.24) is 5.32 Å². The zero-order chi connectivity index (χ0) is 15.2. The van der Waals surface area contributed by atoms with Gasteiger partial charge in [0.25, 0.3) is 0 Å². The van der Waals surface area contributed by atoms with Crippen LogP contribution in [0.2, 0.25) is 0 Å². The number of piperidine rings is 1. The van der Waals surface area contributed by atoms with E-state index in [0.717, 1.165) is 31.0 Å². The largest absolute Gasteiger partial charge is 0.493 e. The molecule has 1 aromatic rings. The van der Waals surface area contributed by atoms with Gasteiger partial charge in [0.05, 0.1) is 21.3 Å². The Kier molecular flexibility index (Phi) is 5.74. The topological polar surface area (TPSA) is 39.7 Å². The van der Waals surface area contributed by atoms with Crippen LogP contribution in [0.25, 0.3) is 0 Å². The number of methoxy groups -OCH3 is 3. The molecule has 1 saturated heterocycles. The first-order chi connectivity index (χ1) is 10.3. The molecule has 4 heteroatoms. The fourth-order valence-electron chi connectivity index (χ4n) is 3.42. The Morgan fingerprint density at radius 2 is 1.86 bits per heavy atom. The standard InChI is InChI=1S/C17H27NO3/c1-5-6-12-11-18-10-9-13(12)14-7-8-15(19-2)17(21-4)16(14)20-3/h7-8,12-13,18H,5-6,9-11H2,1-4H3. The van der Waals surface area contributed by atoms with Crippen molar-refractivity contribution in [3.05, 3.63) is 17.7 Å². The van der Waals surface area contributed by atoms with Crippen LogP contribution < -0.4 is 19.5 Å². The average Bonchev–Trinajstić information content (AvgIpc) is 2.54. The summed E-state index contributed by atoms with van der Waals surface area (Å²) < 4.78 is 16.6. The number of nitrogens with one attached hydrogen (secondary N) is 1. The minimum atomic E-state index is 0.515. The van der Waals surface area contributed by atoms with Crippen molar-refractivity contribution >= 4 is 0 Å². The molecule has 1 fully saturated rings. The summed E-state index contributed by atoms with van der Waals surface area (Å²) in [4.78, 5) is 0. The summed E-state index contributed by atoms with van der Waals surface area (Å²) in [5, 5.41) is 3.51. The lowest BCUT2D eigenvalue weighted by atomic mass is 9.78. The summed E-state index contributed by atoms with van der Waals surface area (Å²) in [5.41, 5.74) is 1.25. The van der Waals surface area contributed by atoms with Gasteiger partial charge in [-0.15, -0.1) is 0 Å². The van der Waals surface area contributed by atoms with Gasteiger partial charge >= 0.3 is 0 Å². The van der Waals surface area contributed by atoms with Crippen molar-refractivity contribution < 1.29 is 14.2 Å². The van der Waals surface area contributed by atoms with Gasteiger partial charge in [0.15, 0.2) is 11.5 Å². The smallest absolute Gasteiger partial charge is 0.203 e.